The lowest BCUT2D eigenvalue weighted by molar-refractivity contribution is -0.296. The molecule has 4 N–H and O–H groups in total. The van der Waals surface area contributed by atoms with Crippen LogP contribution in [0.15, 0.2) is 56.5 Å². The number of aliphatic hydroxyl groups is 1. The molecular formula is C24H30F3N7O4. The highest BCUT2D eigenvalue weighted by Gasteiger charge is 2.64. The number of hydrogen-bond donors (Lipinski definition) is 4. The van der Waals surface area contributed by atoms with Crippen molar-refractivity contribution in [3.63, 3.8) is 0 Å². The van der Waals surface area contributed by atoms with Crippen molar-refractivity contribution in [1.29, 1.82) is 0 Å². The first-order valence-corrected chi connectivity index (χ1v) is 12.1. The van der Waals surface area contributed by atoms with E-state index in [0.717, 1.165) is 0 Å². The zero-order valence-corrected chi connectivity index (χ0v) is 21.0. The van der Waals surface area contributed by atoms with Crippen LogP contribution in [0.4, 0.5) is 18.9 Å². The molecular weight excluding hydrogens is 507 g/mol. The lowest BCUT2D eigenvalue weighted by atomic mass is 9.74. The van der Waals surface area contributed by atoms with Gasteiger partial charge in [0.15, 0.2) is 11.4 Å². The van der Waals surface area contributed by atoms with Crippen LogP contribution in [0.25, 0.3) is 0 Å². The van der Waals surface area contributed by atoms with Crippen molar-refractivity contribution in [2.45, 2.75) is 56.5 Å². The Balaban J connectivity index is 1.59. The fraction of sp³-hybridized carbons (Fsp3) is 0.500. The number of halogens is 3. The highest BCUT2D eigenvalue weighted by Crippen LogP contribution is 2.45. The van der Waals surface area contributed by atoms with Gasteiger partial charge < -0.3 is 30.4 Å². The van der Waals surface area contributed by atoms with Gasteiger partial charge in [-0.25, -0.2) is 0 Å². The smallest absolute Gasteiger partial charge is 0.381 e. The molecule has 3 aliphatic rings. The van der Waals surface area contributed by atoms with Crippen LogP contribution in [-0.2, 0) is 9.53 Å². The third-order valence-corrected chi connectivity index (χ3v) is 7.04. The number of alkyl halides is 3. The molecule has 0 spiro atoms. The molecule has 0 bridgehead atoms. The van der Waals surface area contributed by atoms with E-state index < -0.39 is 30.1 Å². The SMILES string of the molecule is C=NN1C(=NC)C=C(Nc2cccn(C3CCOCC3)c2=O)N/C1=C(/C)C(=O)N[C@@H]1CC[C@]1(O)C(F)(F)F. The van der Waals surface area contributed by atoms with Crippen molar-refractivity contribution in [3.8, 4) is 0 Å². The van der Waals surface area contributed by atoms with E-state index in [1.807, 2.05) is 0 Å². The Morgan fingerprint density at radius 2 is 2.03 bits per heavy atom. The summed E-state index contributed by atoms with van der Waals surface area (Å²) >= 11 is 0. The molecule has 0 unspecified atom stereocenters. The number of pyridine rings is 1. The van der Waals surface area contributed by atoms with Gasteiger partial charge in [-0.1, -0.05) is 0 Å². The van der Waals surface area contributed by atoms with Crippen LogP contribution >= 0.6 is 0 Å². The van der Waals surface area contributed by atoms with E-state index in [9.17, 15) is 27.9 Å². The minimum Gasteiger partial charge on any atom is -0.381 e. The summed E-state index contributed by atoms with van der Waals surface area (Å²) in [7, 11) is 1.48. The van der Waals surface area contributed by atoms with Crippen molar-refractivity contribution < 1.29 is 27.8 Å². The van der Waals surface area contributed by atoms with Crippen LogP contribution in [0.1, 0.15) is 38.6 Å². The fourth-order valence-electron chi connectivity index (χ4n) is 4.61. The molecule has 38 heavy (non-hydrogen) atoms. The van der Waals surface area contributed by atoms with E-state index in [2.05, 4.69) is 32.8 Å². The summed E-state index contributed by atoms with van der Waals surface area (Å²) in [6.45, 7) is 6.02. The van der Waals surface area contributed by atoms with Gasteiger partial charge in [-0.3, -0.25) is 14.6 Å². The number of nitrogens with zero attached hydrogens (tertiary/aromatic N) is 4. The third kappa shape index (κ3) is 5.05. The third-order valence-electron chi connectivity index (χ3n) is 7.04. The number of anilines is 1. The number of amides is 1. The first-order valence-electron chi connectivity index (χ1n) is 12.1. The lowest BCUT2D eigenvalue weighted by Gasteiger charge is -2.46. The number of aliphatic imine (C=N–C) groups is 1. The molecule has 1 saturated carbocycles. The number of nitrogens with one attached hydrogen (secondary N) is 3. The second-order valence-electron chi connectivity index (χ2n) is 9.28. The maximum absolute atomic E-state index is 13.3. The normalized spacial score (nSPS) is 26.7. The van der Waals surface area contributed by atoms with Gasteiger partial charge in [0, 0.05) is 45.3 Å². The molecule has 2 aliphatic heterocycles. The van der Waals surface area contributed by atoms with Crippen molar-refractivity contribution in [3.05, 3.63) is 52.0 Å². The minimum atomic E-state index is -4.88. The summed E-state index contributed by atoms with van der Waals surface area (Å²) in [5.74, 6) is -0.241. The number of carbonyl (C=O) groups excluding carboxylic acids is 1. The molecule has 1 saturated heterocycles. The highest BCUT2D eigenvalue weighted by atomic mass is 19.4. The predicted octanol–water partition coefficient (Wildman–Crippen LogP) is 1.81. The Hall–Kier alpha value is -3.65. The minimum absolute atomic E-state index is 0.00256. The van der Waals surface area contributed by atoms with E-state index in [-0.39, 0.29) is 46.8 Å². The molecule has 1 aromatic heterocycles. The van der Waals surface area contributed by atoms with E-state index in [4.69, 9.17) is 4.74 Å². The lowest BCUT2D eigenvalue weighted by Crippen LogP contribution is -2.67. The Bertz CT molecular complexity index is 1250. The average molecular weight is 538 g/mol. The van der Waals surface area contributed by atoms with E-state index >= 15 is 0 Å². The Morgan fingerprint density at radius 1 is 1.32 bits per heavy atom. The van der Waals surface area contributed by atoms with Crippen molar-refractivity contribution in [1.82, 2.24) is 20.2 Å². The molecule has 2 fully saturated rings. The predicted molar refractivity (Wildman–Crippen MR) is 134 cm³/mol. The van der Waals surface area contributed by atoms with Crippen LogP contribution in [0, 0.1) is 0 Å². The Morgan fingerprint density at radius 3 is 2.61 bits per heavy atom. The van der Waals surface area contributed by atoms with Crippen LogP contribution in [-0.4, -0.2) is 71.2 Å². The zero-order valence-electron chi connectivity index (χ0n) is 21.0. The molecule has 1 aromatic rings. The molecule has 11 nitrogen and oxygen atoms in total. The first-order chi connectivity index (χ1) is 18.0. The fourth-order valence-corrected chi connectivity index (χ4v) is 4.61. The molecule has 0 radical (unpaired) electrons. The van der Waals surface area contributed by atoms with Gasteiger partial charge >= 0.3 is 6.18 Å². The molecule has 4 rings (SSSR count). The molecule has 2 atom stereocenters. The number of hydrogen-bond acceptors (Lipinski definition) is 8. The van der Waals surface area contributed by atoms with E-state index in [0.29, 0.717) is 26.1 Å². The number of amidine groups is 1. The van der Waals surface area contributed by atoms with Crippen LogP contribution in [0.5, 0.6) is 0 Å². The molecule has 3 heterocycles. The zero-order chi connectivity index (χ0) is 27.7. The largest absolute Gasteiger partial charge is 0.419 e. The van der Waals surface area contributed by atoms with E-state index in [1.54, 1.807) is 29.0 Å². The summed E-state index contributed by atoms with van der Waals surface area (Å²) in [4.78, 5) is 30.3. The molecule has 1 aliphatic carbocycles. The average Bonchev–Trinajstić information content (AvgIpc) is 2.90. The second-order valence-corrected chi connectivity index (χ2v) is 9.28. The maximum atomic E-state index is 13.3. The summed E-state index contributed by atoms with van der Waals surface area (Å²) < 4.78 is 46.8. The number of aromatic nitrogens is 1. The topological polar surface area (TPSA) is 133 Å². The number of carbonyl (C=O) groups is 1. The van der Waals surface area contributed by atoms with Crippen molar-refractivity contribution in [2.24, 2.45) is 10.1 Å². The maximum Gasteiger partial charge on any atom is 0.419 e. The summed E-state index contributed by atoms with van der Waals surface area (Å²) in [6.07, 6.45) is -0.716. The van der Waals surface area contributed by atoms with Gasteiger partial charge in [-0.05, 0) is 44.7 Å². The molecule has 206 valence electrons. The molecule has 0 aromatic carbocycles. The highest BCUT2D eigenvalue weighted by molar-refractivity contribution is 5.99. The van der Waals surface area contributed by atoms with Gasteiger partial charge in [-0.15, -0.1) is 0 Å². The second kappa shape index (κ2) is 10.6. The van der Waals surface area contributed by atoms with Crippen molar-refractivity contribution in [2.75, 3.05) is 25.6 Å². The number of ether oxygens (including phenoxy) is 1. The monoisotopic (exact) mass is 537 g/mol. The standard InChI is InChI=1S/C24H30F3N7O4/c1-14(21(35)31-17-6-9-23(17,37)24(25,26)27)20-32-18(13-19(28-2)34(20)29-3)30-16-5-4-10-33(22(16)36)15-7-11-38-12-8-15/h4-5,10,13,15,17,30,32,37H,3,6-9,11-12H2,1-2H3,(H,31,35)/b20-14+,28-19?/t17-,23-/m1/s1. The number of rotatable bonds is 6. The van der Waals surface area contributed by atoms with Gasteiger partial charge in [0.1, 0.15) is 17.3 Å². The van der Waals surface area contributed by atoms with Crippen LogP contribution in [0.3, 0.4) is 0 Å². The quantitative estimate of drug-likeness (QED) is 0.321. The van der Waals surface area contributed by atoms with Gasteiger partial charge in [-0.2, -0.15) is 23.3 Å². The van der Waals surface area contributed by atoms with E-state index in [1.165, 1.54) is 19.0 Å². The van der Waals surface area contributed by atoms with Gasteiger partial charge in [0.2, 0.25) is 0 Å². The Kier molecular flexibility index (Phi) is 7.65. The first kappa shape index (κ1) is 27.4. The molecule has 14 heteroatoms. The number of hydrazone groups is 1. The van der Waals surface area contributed by atoms with Gasteiger partial charge in [0.25, 0.3) is 11.5 Å². The molecule has 1 amide bonds. The van der Waals surface area contributed by atoms with Crippen molar-refractivity contribution >= 4 is 24.1 Å². The van der Waals surface area contributed by atoms with Crippen LogP contribution < -0.4 is 21.5 Å². The summed E-state index contributed by atoms with van der Waals surface area (Å²) in [6, 6.07) is 1.87. The van der Waals surface area contributed by atoms with Crippen LogP contribution in [0.2, 0.25) is 0 Å². The van der Waals surface area contributed by atoms with Gasteiger partial charge in [0.05, 0.1) is 11.6 Å². The Labute approximate surface area is 216 Å². The summed E-state index contributed by atoms with van der Waals surface area (Å²) in [5.41, 5.74) is -3.00. The summed E-state index contributed by atoms with van der Waals surface area (Å²) in [5, 5.41) is 23.3.